The van der Waals surface area contributed by atoms with Gasteiger partial charge in [0.1, 0.15) is 11.5 Å². The lowest BCUT2D eigenvalue weighted by atomic mass is 9.91. The Labute approximate surface area is 352 Å². The number of anilines is 6. The number of para-hydroxylation sites is 2. The summed E-state index contributed by atoms with van der Waals surface area (Å²) in [6.07, 6.45) is 0. The number of hydrogen-bond donors (Lipinski definition) is 0. The molecule has 0 radical (unpaired) electrons. The average molecular weight is 777 g/mol. The Morgan fingerprint density at radius 2 is 0.738 bits per heavy atom. The molecule has 0 aliphatic carbocycles. The maximum atomic E-state index is 7.07. The molecule has 0 saturated carbocycles. The lowest BCUT2D eigenvalue weighted by Crippen LogP contribution is -2.11. The molecule has 13 rings (SSSR count). The van der Waals surface area contributed by atoms with Crippen molar-refractivity contribution >= 4 is 110 Å². The van der Waals surface area contributed by atoms with Crippen molar-refractivity contribution in [2.75, 3.05) is 9.80 Å². The first-order valence-corrected chi connectivity index (χ1v) is 20.9. The second-order valence-electron chi connectivity index (χ2n) is 16.1. The van der Waals surface area contributed by atoms with Crippen LogP contribution in [-0.4, -0.2) is 0 Å². The van der Waals surface area contributed by atoms with Crippen molar-refractivity contribution in [1.82, 2.24) is 0 Å². The van der Waals surface area contributed by atoms with Gasteiger partial charge in [0.05, 0.1) is 11.4 Å². The van der Waals surface area contributed by atoms with Crippen molar-refractivity contribution < 1.29 is 4.74 Å². The summed E-state index contributed by atoms with van der Waals surface area (Å²) in [5, 5.41) is 16.9. The zero-order valence-corrected chi connectivity index (χ0v) is 33.1. The van der Waals surface area contributed by atoms with Crippen LogP contribution in [0, 0.1) is 0 Å². The molecule has 1 heterocycles. The van der Waals surface area contributed by atoms with Gasteiger partial charge in [-0.2, -0.15) is 0 Å². The third kappa shape index (κ3) is 5.24. The smallest absolute Gasteiger partial charge is 0.138 e. The molecule has 0 unspecified atom stereocenters. The molecule has 12 aromatic rings. The van der Waals surface area contributed by atoms with Crippen LogP contribution < -0.4 is 14.5 Å². The third-order valence-electron chi connectivity index (χ3n) is 12.7. The number of nitrogens with zero attached hydrogens (tertiary/aromatic N) is 2. The van der Waals surface area contributed by atoms with Gasteiger partial charge in [-0.1, -0.05) is 146 Å². The van der Waals surface area contributed by atoms with Gasteiger partial charge in [-0.05, 0) is 121 Å². The minimum atomic E-state index is 0.861. The van der Waals surface area contributed by atoms with E-state index in [0.29, 0.717) is 0 Å². The third-order valence-corrected chi connectivity index (χ3v) is 12.7. The molecule has 3 nitrogen and oxygen atoms in total. The molecule has 0 atom stereocenters. The SMILES string of the molecule is c1ccc(N(c2ccc3c(ccc4ccccc43)c2)c2cc3c4c(ccc5cc(N(c6ccccc6)c6ccc7c(ccc8ccccc87)c6)c6cccc(c6c54)O3)c2)cc1. The largest absolute Gasteiger partial charge is 0.456 e. The highest BCUT2D eigenvalue weighted by molar-refractivity contribution is 6.28. The summed E-state index contributed by atoms with van der Waals surface area (Å²) in [5.41, 5.74) is 6.53. The summed E-state index contributed by atoms with van der Waals surface area (Å²) >= 11 is 0. The molecule has 3 heteroatoms. The van der Waals surface area contributed by atoms with Crippen molar-refractivity contribution in [3.8, 4) is 11.5 Å². The number of rotatable bonds is 6. The second kappa shape index (κ2) is 13.2. The lowest BCUT2D eigenvalue weighted by Gasteiger charge is -2.30. The van der Waals surface area contributed by atoms with Crippen LogP contribution in [0.25, 0.3) is 75.4 Å². The van der Waals surface area contributed by atoms with Crippen LogP contribution >= 0.6 is 0 Å². The molecule has 0 N–H and O–H groups in total. The average Bonchev–Trinajstić information content (AvgIpc) is 3.32. The summed E-state index contributed by atoms with van der Waals surface area (Å²) < 4.78 is 7.07. The molecule has 1 aliphatic rings. The van der Waals surface area contributed by atoms with Gasteiger partial charge < -0.3 is 14.5 Å². The fourth-order valence-corrected chi connectivity index (χ4v) is 9.95. The molecule has 0 saturated heterocycles. The molecule has 0 aromatic heterocycles. The summed E-state index contributed by atoms with van der Waals surface area (Å²) in [6.45, 7) is 0. The Morgan fingerprint density at radius 3 is 1.39 bits per heavy atom. The molecule has 0 bridgehead atoms. The maximum absolute atomic E-state index is 7.07. The molecule has 12 aromatic carbocycles. The van der Waals surface area contributed by atoms with Crippen molar-refractivity contribution in [1.29, 1.82) is 0 Å². The van der Waals surface area contributed by atoms with Gasteiger partial charge in [0, 0.05) is 50.4 Å². The Bertz CT molecular complexity index is 3750. The van der Waals surface area contributed by atoms with Crippen molar-refractivity contribution in [2.45, 2.75) is 0 Å². The standard InChI is InChI=1S/C58H36N2O/c1-3-14-43(15-4-1)59(45-28-30-50-39(32-45)24-22-37-12-7-9-18-48(37)50)47-34-41-26-27-42-35-53(52-20-11-21-54-58(52)57(42)56(41)55(36-47)61-54)60(44-16-5-2-6-17-44)46-29-31-51-40(33-46)25-23-38-13-8-10-19-49(38)51/h1-36H. The fourth-order valence-electron chi connectivity index (χ4n) is 9.95. The van der Waals surface area contributed by atoms with Crippen molar-refractivity contribution in [3.63, 3.8) is 0 Å². The number of ether oxygens (including phenoxy) is 1. The number of benzene rings is 12. The van der Waals surface area contributed by atoms with Gasteiger partial charge >= 0.3 is 0 Å². The van der Waals surface area contributed by atoms with E-state index in [9.17, 15) is 0 Å². The van der Waals surface area contributed by atoms with Gasteiger partial charge in [0.25, 0.3) is 0 Å². The molecule has 0 spiro atoms. The zero-order valence-electron chi connectivity index (χ0n) is 33.1. The van der Waals surface area contributed by atoms with E-state index in [1.54, 1.807) is 0 Å². The van der Waals surface area contributed by atoms with Crippen LogP contribution in [0.2, 0.25) is 0 Å². The fraction of sp³-hybridized carbons (Fsp3) is 0. The van der Waals surface area contributed by atoms with Crippen LogP contribution in [0.3, 0.4) is 0 Å². The first kappa shape index (κ1) is 33.8. The first-order chi connectivity index (χ1) is 30.2. The van der Waals surface area contributed by atoms with Gasteiger partial charge in [-0.25, -0.2) is 0 Å². The van der Waals surface area contributed by atoms with Gasteiger partial charge in [0.2, 0.25) is 0 Å². The lowest BCUT2D eigenvalue weighted by molar-refractivity contribution is 0.493. The topological polar surface area (TPSA) is 15.7 Å². The summed E-state index contributed by atoms with van der Waals surface area (Å²) in [4.78, 5) is 4.75. The summed E-state index contributed by atoms with van der Waals surface area (Å²) in [7, 11) is 0. The van der Waals surface area contributed by atoms with Crippen molar-refractivity contribution in [3.05, 3.63) is 218 Å². The van der Waals surface area contributed by atoms with Gasteiger partial charge in [-0.15, -0.1) is 0 Å². The van der Waals surface area contributed by atoms with E-state index in [1.165, 1.54) is 53.9 Å². The van der Waals surface area contributed by atoms with E-state index in [1.807, 2.05) is 0 Å². The van der Waals surface area contributed by atoms with Crippen LogP contribution in [0.1, 0.15) is 0 Å². The summed E-state index contributed by atoms with van der Waals surface area (Å²) in [5.74, 6) is 1.73. The highest BCUT2D eigenvalue weighted by Gasteiger charge is 2.26. The second-order valence-corrected chi connectivity index (χ2v) is 16.1. The van der Waals surface area contributed by atoms with Crippen LogP contribution in [0.5, 0.6) is 11.5 Å². The normalized spacial score (nSPS) is 12.1. The minimum absolute atomic E-state index is 0.861. The van der Waals surface area contributed by atoms with E-state index in [-0.39, 0.29) is 0 Å². The Morgan fingerprint density at radius 1 is 0.246 bits per heavy atom. The van der Waals surface area contributed by atoms with Crippen LogP contribution in [-0.2, 0) is 0 Å². The zero-order chi connectivity index (χ0) is 40.0. The predicted octanol–water partition coefficient (Wildman–Crippen LogP) is 16.8. The molecule has 0 fully saturated rings. The Hall–Kier alpha value is -8.14. The molecular formula is C58H36N2O. The van der Waals surface area contributed by atoms with Crippen LogP contribution in [0.15, 0.2) is 218 Å². The van der Waals surface area contributed by atoms with Gasteiger partial charge in [0.15, 0.2) is 0 Å². The van der Waals surface area contributed by atoms with E-state index in [2.05, 4.69) is 228 Å². The molecular weight excluding hydrogens is 741 g/mol. The van der Waals surface area contributed by atoms with Gasteiger partial charge in [-0.3, -0.25) is 0 Å². The molecule has 1 aliphatic heterocycles. The number of hydrogen-bond acceptors (Lipinski definition) is 3. The van der Waals surface area contributed by atoms with E-state index in [0.717, 1.165) is 67.2 Å². The number of fused-ring (bicyclic) bond motifs is 6. The highest BCUT2D eigenvalue weighted by Crippen LogP contribution is 2.53. The quantitative estimate of drug-likeness (QED) is 0.156. The molecule has 284 valence electrons. The van der Waals surface area contributed by atoms with E-state index >= 15 is 0 Å². The maximum Gasteiger partial charge on any atom is 0.138 e. The summed E-state index contributed by atoms with van der Waals surface area (Å²) in [6, 6.07) is 79.2. The minimum Gasteiger partial charge on any atom is -0.456 e. The predicted molar refractivity (Wildman–Crippen MR) is 258 cm³/mol. The monoisotopic (exact) mass is 776 g/mol. The Kier molecular flexibility index (Phi) is 7.31. The molecule has 0 amide bonds. The van der Waals surface area contributed by atoms with E-state index in [4.69, 9.17) is 4.74 Å². The van der Waals surface area contributed by atoms with E-state index < -0.39 is 0 Å². The van der Waals surface area contributed by atoms with Crippen LogP contribution in [0.4, 0.5) is 34.1 Å². The van der Waals surface area contributed by atoms with Crippen molar-refractivity contribution in [2.24, 2.45) is 0 Å². The Balaban J connectivity index is 1.01. The first-order valence-electron chi connectivity index (χ1n) is 20.9. The highest BCUT2D eigenvalue weighted by atomic mass is 16.5. The molecule has 61 heavy (non-hydrogen) atoms.